The van der Waals surface area contributed by atoms with E-state index in [1.807, 2.05) is 12.3 Å². The van der Waals surface area contributed by atoms with Crippen molar-refractivity contribution >= 4 is 11.8 Å². The van der Waals surface area contributed by atoms with Crippen LogP contribution >= 0.6 is 0 Å². The fraction of sp³-hybridized carbons (Fsp3) is 0.471. The smallest absolute Gasteiger partial charge is 0.226 e. The lowest BCUT2D eigenvalue weighted by Gasteiger charge is -2.36. The molecule has 0 saturated carbocycles. The molecule has 3 heterocycles. The molecule has 2 atom stereocenters. The van der Waals surface area contributed by atoms with E-state index >= 15 is 0 Å². The van der Waals surface area contributed by atoms with Crippen LogP contribution in [-0.2, 0) is 11.3 Å². The predicted molar refractivity (Wildman–Crippen MR) is 92.4 cm³/mol. The van der Waals surface area contributed by atoms with Gasteiger partial charge in [0.05, 0.1) is 19.3 Å². The Labute approximate surface area is 142 Å². The maximum atomic E-state index is 5.76. The van der Waals surface area contributed by atoms with Gasteiger partial charge in [-0.3, -0.25) is 0 Å². The number of rotatable bonds is 5. The molecule has 1 fully saturated rings. The van der Waals surface area contributed by atoms with E-state index < -0.39 is 0 Å². The molecule has 2 aromatic heterocycles. The van der Waals surface area contributed by atoms with E-state index in [4.69, 9.17) is 9.47 Å². The third-order valence-corrected chi connectivity index (χ3v) is 3.84. The van der Waals surface area contributed by atoms with E-state index in [2.05, 4.69) is 45.1 Å². The summed E-state index contributed by atoms with van der Waals surface area (Å²) in [6.45, 7) is 6.53. The maximum Gasteiger partial charge on any atom is 0.226 e. The van der Waals surface area contributed by atoms with E-state index in [1.165, 1.54) is 0 Å². The zero-order valence-electron chi connectivity index (χ0n) is 14.3. The van der Waals surface area contributed by atoms with Gasteiger partial charge in [-0.2, -0.15) is 4.98 Å². The number of nitrogens with one attached hydrogen (secondary N) is 1. The highest BCUT2D eigenvalue weighted by atomic mass is 16.5. The molecule has 24 heavy (non-hydrogen) atoms. The quantitative estimate of drug-likeness (QED) is 0.900. The molecule has 0 unspecified atom stereocenters. The topological polar surface area (TPSA) is 72.4 Å². The molecule has 0 spiro atoms. The van der Waals surface area contributed by atoms with Crippen LogP contribution in [0.3, 0.4) is 0 Å². The number of pyridine rings is 1. The molecule has 1 aliphatic heterocycles. The summed E-state index contributed by atoms with van der Waals surface area (Å²) in [6, 6.07) is 5.83. The van der Waals surface area contributed by atoms with Gasteiger partial charge in [0, 0.05) is 38.1 Å². The van der Waals surface area contributed by atoms with Crippen molar-refractivity contribution in [3.05, 3.63) is 36.2 Å². The van der Waals surface area contributed by atoms with Crippen molar-refractivity contribution in [2.45, 2.75) is 32.6 Å². The first kappa shape index (κ1) is 16.4. The minimum Gasteiger partial charge on any atom is -0.481 e. The van der Waals surface area contributed by atoms with Gasteiger partial charge in [-0.25, -0.2) is 9.97 Å². The van der Waals surface area contributed by atoms with Gasteiger partial charge in [-0.15, -0.1) is 0 Å². The number of ether oxygens (including phenoxy) is 2. The highest BCUT2D eigenvalue weighted by molar-refractivity contribution is 5.41. The van der Waals surface area contributed by atoms with Crippen LogP contribution in [0, 0.1) is 0 Å². The minimum atomic E-state index is 0.224. The summed E-state index contributed by atoms with van der Waals surface area (Å²) < 4.78 is 10.9. The number of aromatic nitrogens is 3. The second-order valence-electron chi connectivity index (χ2n) is 5.96. The number of hydrogen-bond donors (Lipinski definition) is 1. The van der Waals surface area contributed by atoms with Crippen molar-refractivity contribution in [1.29, 1.82) is 0 Å². The standard InChI is InChI=1S/C17H23N5O2/c1-12-10-22(11-13(2)24-12)15-5-4-14(8-19-15)9-20-17-18-7-6-16(21-17)23-3/h4-8,12-13H,9-11H2,1-3H3,(H,18,20,21)/t12-,13-/m1/s1. The average molecular weight is 329 g/mol. The molecule has 7 heteroatoms. The molecule has 0 radical (unpaired) electrons. The largest absolute Gasteiger partial charge is 0.481 e. The zero-order valence-corrected chi connectivity index (χ0v) is 14.3. The fourth-order valence-corrected chi connectivity index (χ4v) is 2.80. The first-order valence-electron chi connectivity index (χ1n) is 8.10. The molecular weight excluding hydrogens is 306 g/mol. The van der Waals surface area contributed by atoms with Crippen LogP contribution in [0.2, 0.25) is 0 Å². The Kier molecular flexibility index (Phi) is 5.10. The fourth-order valence-electron chi connectivity index (χ4n) is 2.80. The van der Waals surface area contributed by atoms with E-state index in [9.17, 15) is 0 Å². The van der Waals surface area contributed by atoms with Gasteiger partial charge in [0.25, 0.3) is 0 Å². The molecular formula is C17H23N5O2. The normalized spacial score (nSPS) is 20.7. The predicted octanol–water partition coefficient (Wildman–Crippen LogP) is 2.11. The van der Waals surface area contributed by atoms with Crippen molar-refractivity contribution in [2.75, 3.05) is 30.4 Å². The first-order valence-corrected chi connectivity index (χ1v) is 8.10. The Hall–Kier alpha value is -2.41. The summed E-state index contributed by atoms with van der Waals surface area (Å²) in [4.78, 5) is 15.2. The highest BCUT2D eigenvalue weighted by Crippen LogP contribution is 2.18. The van der Waals surface area contributed by atoms with Crippen molar-refractivity contribution in [3.8, 4) is 5.88 Å². The van der Waals surface area contributed by atoms with Crippen molar-refractivity contribution in [2.24, 2.45) is 0 Å². The van der Waals surface area contributed by atoms with Gasteiger partial charge in [0.1, 0.15) is 5.82 Å². The molecule has 1 N–H and O–H groups in total. The van der Waals surface area contributed by atoms with E-state index in [1.54, 1.807) is 19.4 Å². The third kappa shape index (κ3) is 4.11. The summed E-state index contributed by atoms with van der Waals surface area (Å²) in [7, 11) is 1.59. The number of anilines is 2. The molecule has 3 rings (SSSR count). The van der Waals surface area contributed by atoms with Gasteiger partial charge in [0.15, 0.2) is 0 Å². The summed E-state index contributed by atoms with van der Waals surface area (Å²) in [5, 5.41) is 3.17. The molecule has 2 aromatic rings. The Balaban J connectivity index is 1.60. The van der Waals surface area contributed by atoms with E-state index in [-0.39, 0.29) is 12.2 Å². The minimum absolute atomic E-state index is 0.224. The van der Waals surface area contributed by atoms with E-state index in [0.29, 0.717) is 18.4 Å². The maximum absolute atomic E-state index is 5.76. The van der Waals surface area contributed by atoms with Crippen LogP contribution in [0.1, 0.15) is 19.4 Å². The summed E-state index contributed by atoms with van der Waals surface area (Å²) in [5.74, 6) is 2.06. The second kappa shape index (κ2) is 7.44. The van der Waals surface area contributed by atoms with Crippen LogP contribution in [0.5, 0.6) is 5.88 Å². The van der Waals surface area contributed by atoms with Crippen LogP contribution in [-0.4, -0.2) is 47.4 Å². The number of methoxy groups -OCH3 is 1. The van der Waals surface area contributed by atoms with Gasteiger partial charge < -0.3 is 19.7 Å². The van der Waals surface area contributed by atoms with Crippen LogP contribution in [0.15, 0.2) is 30.6 Å². The Bertz CT molecular complexity index is 654. The number of hydrogen-bond acceptors (Lipinski definition) is 7. The Morgan fingerprint density at radius 3 is 2.67 bits per heavy atom. The third-order valence-electron chi connectivity index (χ3n) is 3.84. The number of nitrogens with zero attached hydrogens (tertiary/aromatic N) is 4. The van der Waals surface area contributed by atoms with Gasteiger partial charge >= 0.3 is 0 Å². The lowest BCUT2D eigenvalue weighted by Crippen LogP contribution is -2.45. The van der Waals surface area contributed by atoms with Gasteiger partial charge in [0.2, 0.25) is 11.8 Å². The number of morpholine rings is 1. The van der Waals surface area contributed by atoms with Gasteiger partial charge in [-0.05, 0) is 25.5 Å². The van der Waals surface area contributed by atoms with Crippen molar-refractivity contribution < 1.29 is 9.47 Å². The van der Waals surface area contributed by atoms with Crippen LogP contribution < -0.4 is 15.0 Å². The zero-order chi connectivity index (χ0) is 16.9. The van der Waals surface area contributed by atoms with Crippen molar-refractivity contribution in [1.82, 2.24) is 15.0 Å². The Morgan fingerprint density at radius 2 is 2.00 bits per heavy atom. The lowest BCUT2D eigenvalue weighted by atomic mass is 10.2. The van der Waals surface area contributed by atoms with Crippen molar-refractivity contribution in [3.63, 3.8) is 0 Å². The summed E-state index contributed by atoms with van der Waals surface area (Å²) >= 11 is 0. The highest BCUT2D eigenvalue weighted by Gasteiger charge is 2.22. The molecule has 0 aliphatic carbocycles. The first-order chi connectivity index (χ1) is 11.6. The molecule has 0 bridgehead atoms. The molecule has 128 valence electrons. The lowest BCUT2D eigenvalue weighted by molar-refractivity contribution is -0.00545. The molecule has 1 saturated heterocycles. The SMILES string of the molecule is COc1ccnc(NCc2ccc(N3C[C@@H](C)O[C@H](C)C3)nc2)n1. The second-order valence-corrected chi connectivity index (χ2v) is 5.96. The molecule has 0 aromatic carbocycles. The molecule has 7 nitrogen and oxygen atoms in total. The molecule has 0 amide bonds. The average Bonchev–Trinajstić information content (AvgIpc) is 2.60. The summed E-state index contributed by atoms with van der Waals surface area (Å²) in [5.41, 5.74) is 1.07. The van der Waals surface area contributed by atoms with E-state index in [0.717, 1.165) is 24.5 Å². The Morgan fingerprint density at radius 1 is 1.21 bits per heavy atom. The van der Waals surface area contributed by atoms with Crippen LogP contribution in [0.4, 0.5) is 11.8 Å². The van der Waals surface area contributed by atoms with Gasteiger partial charge in [-0.1, -0.05) is 6.07 Å². The summed E-state index contributed by atoms with van der Waals surface area (Å²) in [6.07, 6.45) is 3.99. The molecule has 1 aliphatic rings. The van der Waals surface area contributed by atoms with Crippen LogP contribution in [0.25, 0.3) is 0 Å². The monoisotopic (exact) mass is 329 g/mol.